The zero-order valence-electron chi connectivity index (χ0n) is 8.23. The van der Waals surface area contributed by atoms with Gasteiger partial charge in [0.1, 0.15) is 5.82 Å². The summed E-state index contributed by atoms with van der Waals surface area (Å²) in [7, 11) is 0. The first kappa shape index (κ1) is 12.0. The lowest BCUT2D eigenvalue weighted by Gasteiger charge is -2.14. The van der Waals surface area contributed by atoms with Crippen LogP contribution in [-0.4, -0.2) is 4.83 Å². The molecule has 0 aliphatic rings. The summed E-state index contributed by atoms with van der Waals surface area (Å²) in [6, 6.07) is 4.51. The van der Waals surface area contributed by atoms with Crippen LogP contribution in [0.1, 0.15) is 31.7 Å². The van der Waals surface area contributed by atoms with E-state index in [1.807, 2.05) is 0 Å². The molecule has 78 valence electrons. The Morgan fingerprint density at radius 2 is 2.07 bits per heavy atom. The van der Waals surface area contributed by atoms with Gasteiger partial charge in [-0.15, -0.1) is 0 Å². The van der Waals surface area contributed by atoms with Crippen molar-refractivity contribution in [1.29, 1.82) is 0 Å². The van der Waals surface area contributed by atoms with Crippen molar-refractivity contribution in [3.8, 4) is 0 Å². The van der Waals surface area contributed by atoms with E-state index in [1.54, 1.807) is 6.07 Å². The number of hydrogen-bond donors (Lipinski definition) is 0. The lowest BCUT2D eigenvalue weighted by Crippen LogP contribution is -2.01. The monoisotopic (exact) mass is 278 g/mol. The fourth-order valence-electron chi connectivity index (χ4n) is 1.51. The molecule has 0 bridgehead atoms. The third-order valence-electron chi connectivity index (χ3n) is 2.17. The lowest BCUT2D eigenvalue weighted by molar-refractivity contribution is 0.616. The van der Waals surface area contributed by atoms with Crippen LogP contribution in [0, 0.1) is 5.82 Å². The van der Waals surface area contributed by atoms with Gasteiger partial charge in [-0.2, -0.15) is 0 Å². The first-order valence-electron chi connectivity index (χ1n) is 4.59. The lowest BCUT2D eigenvalue weighted by atomic mass is 9.96. The minimum absolute atomic E-state index is 0.224. The van der Waals surface area contributed by atoms with Gasteiger partial charge in [-0.1, -0.05) is 41.4 Å². The molecule has 2 unspecified atom stereocenters. The maximum atomic E-state index is 13.0. The molecule has 0 saturated carbocycles. The Morgan fingerprint density at radius 3 is 2.64 bits per heavy atom. The van der Waals surface area contributed by atoms with Gasteiger partial charge in [0, 0.05) is 9.85 Å². The van der Waals surface area contributed by atoms with Crippen molar-refractivity contribution < 1.29 is 4.39 Å². The summed E-state index contributed by atoms with van der Waals surface area (Å²) in [5.74, 6) is 0.0473. The number of halogens is 3. The van der Waals surface area contributed by atoms with E-state index in [0.29, 0.717) is 9.85 Å². The van der Waals surface area contributed by atoms with Crippen LogP contribution in [0.3, 0.4) is 0 Å². The molecule has 1 aromatic carbocycles. The summed E-state index contributed by atoms with van der Waals surface area (Å²) in [5, 5.41) is 0.645. The van der Waals surface area contributed by atoms with E-state index in [-0.39, 0.29) is 11.7 Å². The maximum Gasteiger partial charge on any atom is 0.123 e. The highest BCUT2D eigenvalue weighted by Crippen LogP contribution is 2.29. The second kappa shape index (κ2) is 5.13. The molecule has 0 heterocycles. The van der Waals surface area contributed by atoms with E-state index in [0.717, 1.165) is 12.0 Å². The Morgan fingerprint density at radius 1 is 1.43 bits per heavy atom. The highest BCUT2D eigenvalue weighted by atomic mass is 79.9. The molecule has 1 aromatic rings. The Bertz CT molecular complexity index is 312. The molecular weight excluding hydrogens is 266 g/mol. The summed E-state index contributed by atoms with van der Waals surface area (Å²) >= 11 is 9.47. The van der Waals surface area contributed by atoms with Gasteiger partial charge in [0.2, 0.25) is 0 Å². The molecule has 3 heteroatoms. The van der Waals surface area contributed by atoms with Crippen molar-refractivity contribution in [2.75, 3.05) is 0 Å². The van der Waals surface area contributed by atoms with Gasteiger partial charge in [-0.25, -0.2) is 4.39 Å². The first-order valence-corrected chi connectivity index (χ1v) is 5.89. The fraction of sp³-hybridized carbons (Fsp3) is 0.455. The topological polar surface area (TPSA) is 0 Å². The molecule has 0 fully saturated rings. The summed E-state index contributed by atoms with van der Waals surface area (Å²) < 4.78 is 13.0. The van der Waals surface area contributed by atoms with Crippen molar-refractivity contribution >= 4 is 27.5 Å². The molecule has 2 atom stereocenters. The summed E-state index contributed by atoms with van der Waals surface area (Å²) in [6.45, 7) is 4.13. The molecule has 0 nitrogen and oxygen atoms in total. The van der Waals surface area contributed by atoms with Crippen LogP contribution in [0.4, 0.5) is 4.39 Å². The third-order valence-corrected chi connectivity index (χ3v) is 2.89. The van der Waals surface area contributed by atoms with Gasteiger partial charge in [0.15, 0.2) is 0 Å². The van der Waals surface area contributed by atoms with Crippen LogP contribution in [-0.2, 0) is 0 Å². The molecule has 1 rings (SSSR count). The van der Waals surface area contributed by atoms with E-state index < -0.39 is 0 Å². The van der Waals surface area contributed by atoms with Crippen LogP contribution in [0.15, 0.2) is 18.2 Å². The molecule has 0 aromatic heterocycles. The predicted molar refractivity (Wildman–Crippen MR) is 62.8 cm³/mol. The van der Waals surface area contributed by atoms with Crippen LogP contribution < -0.4 is 0 Å². The Labute approximate surface area is 97.6 Å². The number of rotatable bonds is 3. The van der Waals surface area contributed by atoms with Crippen LogP contribution >= 0.6 is 27.5 Å². The molecular formula is C11H13BrClF. The quantitative estimate of drug-likeness (QED) is 0.700. The van der Waals surface area contributed by atoms with Crippen molar-refractivity contribution in [3.05, 3.63) is 34.6 Å². The van der Waals surface area contributed by atoms with E-state index >= 15 is 0 Å². The molecule has 0 aliphatic heterocycles. The van der Waals surface area contributed by atoms with Crippen molar-refractivity contribution in [2.24, 2.45) is 0 Å². The van der Waals surface area contributed by atoms with E-state index in [4.69, 9.17) is 11.6 Å². The van der Waals surface area contributed by atoms with Crippen LogP contribution in [0.2, 0.25) is 5.02 Å². The van der Waals surface area contributed by atoms with Crippen molar-refractivity contribution in [2.45, 2.75) is 31.0 Å². The standard InChI is InChI=1S/C11H13BrClF/c1-7(5-8(2)12)10-6-9(14)3-4-11(10)13/h3-4,6-8H,5H2,1-2H3. The van der Waals surface area contributed by atoms with Gasteiger partial charge in [-0.3, -0.25) is 0 Å². The normalized spacial score (nSPS) is 15.2. The summed E-state index contributed by atoms with van der Waals surface area (Å²) in [5.41, 5.74) is 0.887. The molecule has 0 saturated heterocycles. The zero-order valence-corrected chi connectivity index (χ0v) is 10.6. The van der Waals surface area contributed by atoms with E-state index in [9.17, 15) is 4.39 Å². The fourth-order valence-corrected chi connectivity index (χ4v) is 2.37. The molecule has 0 spiro atoms. The highest BCUT2D eigenvalue weighted by Gasteiger charge is 2.12. The van der Waals surface area contributed by atoms with Crippen molar-refractivity contribution in [3.63, 3.8) is 0 Å². The molecule has 0 N–H and O–H groups in total. The van der Waals surface area contributed by atoms with Gasteiger partial charge >= 0.3 is 0 Å². The Kier molecular flexibility index (Phi) is 4.39. The molecule has 14 heavy (non-hydrogen) atoms. The predicted octanol–water partition coefficient (Wildman–Crippen LogP) is 4.76. The molecule has 0 aliphatic carbocycles. The smallest absolute Gasteiger partial charge is 0.123 e. The van der Waals surface area contributed by atoms with Gasteiger partial charge in [0.25, 0.3) is 0 Å². The number of benzene rings is 1. The summed E-state index contributed by atoms with van der Waals surface area (Å²) in [6.07, 6.45) is 0.948. The SMILES string of the molecule is CC(Br)CC(C)c1cc(F)ccc1Cl. The Balaban J connectivity index is 2.88. The van der Waals surface area contributed by atoms with Crippen LogP contribution in [0.5, 0.6) is 0 Å². The zero-order chi connectivity index (χ0) is 10.7. The summed E-state index contributed by atoms with van der Waals surface area (Å²) in [4.78, 5) is 0.414. The Hall–Kier alpha value is -0.0800. The maximum absolute atomic E-state index is 13.0. The minimum Gasteiger partial charge on any atom is -0.207 e. The van der Waals surface area contributed by atoms with Crippen LogP contribution in [0.25, 0.3) is 0 Å². The van der Waals surface area contributed by atoms with Gasteiger partial charge < -0.3 is 0 Å². The molecule has 0 amide bonds. The van der Waals surface area contributed by atoms with Gasteiger partial charge in [0.05, 0.1) is 0 Å². The first-order chi connectivity index (χ1) is 6.50. The highest BCUT2D eigenvalue weighted by molar-refractivity contribution is 9.09. The third kappa shape index (κ3) is 3.25. The largest absolute Gasteiger partial charge is 0.207 e. The molecule has 0 radical (unpaired) electrons. The van der Waals surface area contributed by atoms with Crippen molar-refractivity contribution in [1.82, 2.24) is 0 Å². The van der Waals surface area contributed by atoms with Gasteiger partial charge in [-0.05, 0) is 36.1 Å². The average Bonchev–Trinajstić information content (AvgIpc) is 2.08. The van der Waals surface area contributed by atoms with E-state index in [2.05, 4.69) is 29.8 Å². The van der Waals surface area contributed by atoms with E-state index in [1.165, 1.54) is 12.1 Å². The number of hydrogen-bond acceptors (Lipinski definition) is 0. The average molecular weight is 280 g/mol. The second-order valence-electron chi connectivity index (χ2n) is 3.58. The second-order valence-corrected chi connectivity index (χ2v) is 5.55. The minimum atomic E-state index is -0.224. The number of alkyl halides is 1.